The number of amides is 2. The van der Waals surface area contributed by atoms with Gasteiger partial charge in [-0.15, -0.1) is 0 Å². The summed E-state index contributed by atoms with van der Waals surface area (Å²) in [5.41, 5.74) is 3.30. The lowest BCUT2D eigenvalue weighted by molar-refractivity contribution is -0.144. The minimum Gasteiger partial charge on any atom is -0.468 e. The molecule has 6 nitrogen and oxygen atoms in total. The van der Waals surface area contributed by atoms with Crippen LogP contribution >= 0.6 is 15.9 Å². The SMILES string of the molecule is COC(=O)C(CCBr)NN1C(=O)c2ccccc2C1=O. The Labute approximate surface area is 124 Å². The van der Waals surface area contributed by atoms with Crippen LogP contribution in [0.5, 0.6) is 0 Å². The highest BCUT2D eigenvalue weighted by Gasteiger charge is 2.37. The molecular weight excluding hydrogens is 328 g/mol. The number of fused-ring (bicyclic) bond motifs is 1. The molecule has 1 heterocycles. The number of hydrazine groups is 1. The number of halogens is 1. The van der Waals surface area contributed by atoms with E-state index in [0.29, 0.717) is 22.9 Å². The van der Waals surface area contributed by atoms with Crippen molar-refractivity contribution in [1.29, 1.82) is 0 Å². The normalized spacial score (nSPS) is 15.2. The number of carbonyl (C=O) groups excluding carboxylic acids is 3. The van der Waals surface area contributed by atoms with Crippen LogP contribution in [0.3, 0.4) is 0 Å². The van der Waals surface area contributed by atoms with Crippen molar-refractivity contribution in [1.82, 2.24) is 10.4 Å². The van der Waals surface area contributed by atoms with Crippen LogP contribution in [-0.4, -0.2) is 41.3 Å². The Hall–Kier alpha value is -1.73. The van der Waals surface area contributed by atoms with E-state index in [-0.39, 0.29) is 0 Å². The summed E-state index contributed by atoms with van der Waals surface area (Å²) in [4.78, 5) is 35.9. The van der Waals surface area contributed by atoms with Crippen molar-refractivity contribution in [2.75, 3.05) is 12.4 Å². The van der Waals surface area contributed by atoms with E-state index in [1.165, 1.54) is 7.11 Å². The van der Waals surface area contributed by atoms with Crippen molar-refractivity contribution in [2.45, 2.75) is 12.5 Å². The number of methoxy groups -OCH3 is 1. The van der Waals surface area contributed by atoms with Crippen molar-refractivity contribution in [3.63, 3.8) is 0 Å². The Bertz CT molecular complexity index is 526. The molecule has 1 aromatic rings. The average molecular weight is 341 g/mol. The highest BCUT2D eigenvalue weighted by molar-refractivity contribution is 9.09. The van der Waals surface area contributed by atoms with Gasteiger partial charge in [-0.05, 0) is 18.6 Å². The second-order valence-corrected chi connectivity index (χ2v) is 4.97. The quantitative estimate of drug-likeness (QED) is 0.493. The molecule has 20 heavy (non-hydrogen) atoms. The van der Waals surface area contributed by atoms with Crippen molar-refractivity contribution < 1.29 is 19.1 Å². The van der Waals surface area contributed by atoms with Gasteiger partial charge in [0.15, 0.2) is 0 Å². The van der Waals surface area contributed by atoms with Gasteiger partial charge >= 0.3 is 5.97 Å². The fourth-order valence-electron chi connectivity index (χ4n) is 1.95. The smallest absolute Gasteiger partial charge is 0.324 e. The number of rotatable bonds is 5. The maximum absolute atomic E-state index is 12.1. The maximum Gasteiger partial charge on any atom is 0.324 e. The van der Waals surface area contributed by atoms with E-state index >= 15 is 0 Å². The summed E-state index contributed by atoms with van der Waals surface area (Å²) in [7, 11) is 1.26. The first-order chi connectivity index (χ1) is 9.60. The lowest BCUT2D eigenvalue weighted by atomic mass is 10.1. The summed E-state index contributed by atoms with van der Waals surface area (Å²) >= 11 is 3.22. The standard InChI is InChI=1S/C13H13BrN2O4/c1-20-13(19)10(6-7-14)15-16-11(17)8-4-2-3-5-9(8)12(16)18/h2-5,10,15H,6-7H2,1H3. The van der Waals surface area contributed by atoms with Gasteiger partial charge in [0.25, 0.3) is 11.8 Å². The Morgan fingerprint density at radius 1 is 1.30 bits per heavy atom. The molecule has 0 spiro atoms. The minimum atomic E-state index is -0.762. The van der Waals surface area contributed by atoms with Gasteiger partial charge in [0.1, 0.15) is 6.04 Å². The molecule has 1 N–H and O–H groups in total. The number of alkyl halides is 1. The van der Waals surface area contributed by atoms with E-state index in [0.717, 1.165) is 5.01 Å². The lowest BCUT2D eigenvalue weighted by Crippen LogP contribution is -2.51. The number of nitrogens with zero attached hydrogens (tertiary/aromatic N) is 1. The number of carbonyl (C=O) groups is 3. The monoisotopic (exact) mass is 340 g/mol. The van der Waals surface area contributed by atoms with Crippen LogP contribution in [0.2, 0.25) is 0 Å². The number of imide groups is 1. The summed E-state index contributed by atoms with van der Waals surface area (Å²) in [5.74, 6) is -1.45. The molecule has 0 aromatic heterocycles. The van der Waals surface area contributed by atoms with Crippen LogP contribution in [0.25, 0.3) is 0 Å². The van der Waals surface area contributed by atoms with Gasteiger partial charge in [-0.1, -0.05) is 28.1 Å². The summed E-state index contributed by atoms with van der Waals surface area (Å²) in [6.45, 7) is 0. The topological polar surface area (TPSA) is 75.7 Å². The summed E-state index contributed by atoms with van der Waals surface area (Å²) in [6.07, 6.45) is 0.389. The predicted octanol–water partition coefficient (Wildman–Crippen LogP) is 1.11. The molecule has 0 radical (unpaired) electrons. The van der Waals surface area contributed by atoms with Crippen molar-refractivity contribution in [3.8, 4) is 0 Å². The Morgan fingerprint density at radius 3 is 2.30 bits per heavy atom. The molecule has 1 aliphatic heterocycles. The molecule has 1 aromatic carbocycles. The van der Waals surface area contributed by atoms with Gasteiger partial charge < -0.3 is 4.74 Å². The van der Waals surface area contributed by atoms with Crippen LogP contribution < -0.4 is 5.43 Å². The van der Waals surface area contributed by atoms with Gasteiger partial charge in [-0.2, -0.15) is 0 Å². The molecule has 7 heteroatoms. The summed E-state index contributed by atoms with van der Waals surface area (Å²) < 4.78 is 4.65. The van der Waals surface area contributed by atoms with Crippen molar-refractivity contribution >= 4 is 33.7 Å². The van der Waals surface area contributed by atoms with Gasteiger partial charge in [-0.3, -0.25) is 14.4 Å². The van der Waals surface area contributed by atoms with Gasteiger partial charge in [0, 0.05) is 5.33 Å². The Morgan fingerprint density at radius 2 is 1.85 bits per heavy atom. The number of ether oxygens (including phenoxy) is 1. The fourth-order valence-corrected chi connectivity index (χ4v) is 2.41. The third kappa shape index (κ3) is 2.59. The molecule has 1 atom stereocenters. The van der Waals surface area contributed by atoms with Gasteiger partial charge in [0.2, 0.25) is 0 Å². The lowest BCUT2D eigenvalue weighted by Gasteiger charge is -2.21. The molecule has 0 saturated heterocycles. The second-order valence-electron chi connectivity index (χ2n) is 4.17. The van der Waals surface area contributed by atoms with Gasteiger partial charge in [-0.25, -0.2) is 10.4 Å². The summed E-state index contributed by atoms with van der Waals surface area (Å²) in [6, 6.07) is 5.76. The molecule has 1 aliphatic rings. The number of benzene rings is 1. The van der Waals surface area contributed by atoms with Crippen LogP contribution in [0.1, 0.15) is 27.1 Å². The van der Waals surface area contributed by atoms with E-state index in [1.54, 1.807) is 24.3 Å². The van der Waals surface area contributed by atoms with Crippen LogP contribution in [-0.2, 0) is 9.53 Å². The largest absolute Gasteiger partial charge is 0.468 e. The predicted molar refractivity (Wildman–Crippen MR) is 74.3 cm³/mol. The van der Waals surface area contributed by atoms with Gasteiger partial charge in [0.05, 0.1) is 18.2 Å². The number of hydrogen-bond donors (Lipinski definition) is 1. The third-order valence-electron chi connectivity index (χ3n) is 2.96. The molecule has 0 fully saturated rings. The van der Waals surface area contributed by atoms with E-state index in [9.17, 15) is 14.4 Å². The molecule has 2 rings (SSSR count). The molecule has 0 aliphatic carbocycles. The van der Waals surface area contributed by atoms with E-state index in [4.69, 9.17) is 0 Å². The minimum absolute atomic E-state index is 0.326. The summed E-state index contributed by atoms with van der Waals surface area (Å²) in [5, 5.41) is 1.40. The molecule has 1 unspecified atom stereocenters. The zero-order chi connectivity index (χ0) is 14.7. The number of esters is 1. The highest BCUT2D eigenvalue weighted by atomic mass is 79.9. The molecular formula is C13H13BrN2O4. The molecule has 2 amide bonds. The van der Waals surface area contributed by atoms with Crippen LogP contribution in [0, 0.1) is 0 Å². The molecule has 0 bridgehead atoms. The second kappa shape index (κ2) is 6.15. The van der Waals surface area contributed by atoms with E-state index in [1.807, 2.05) is 0 Å². The van der Waals surface area contributed by atoms with Crippen molar-refractivity contribution in [2.24, 2.45) is 0 Å². The zero-order valence-electron chi connectivity index (χ0n) is 10.8. The highest BCUT2D eigenvalue weighted by Crippen LogP contribution is 2.21. The first-order valence-electron chi connectivity index (χ1n) is 5.98. The Balaban J connectivity index is 2.21. The molecule has 106 valence electrons. The van der Waals surface area contributed by atoms with E-state index < -0.39 is 23.8 Å². The fraction of sp³-hybridized carbons (Fsp3) is 0.308. The van der Waals surface area contributed by atoms with Crippen molar-refractivity contribution in [3.05, 3.63) is 35.4 Å². The number of nitrogens with one attached hydrogen (secondary N) is 1. The average Bonchev–Trinajstić information content (AvgIpc) is 2.71. The van der Waals surface area contributed by atoms with E-state index in [2.05, 4.69) is 26.1 Å². The molecule has 0 saturated carbocycles. The number of hydrogen-bond acceptors (Lipinski definition) is 5. The third-order valence-corrected chi connectivity index (χ3v) is 3.42. The first-order valence-corrected chi connectivity index (χ1v) is 7.10. The maximum atomic E-state index is 12.1. The first kappa shape index (κ1) is 14.7. The zero-order valence-corrected chi connectivity index (χ0v) is 12.3. The van der Waals surface area contributed by atoms with Crippen LogP contribution in [0.15, 0.2) is 24.3 Å². The van der Waals surface area contributed by atoms with Crippen LogP contribution in [0.4, 0.5) is 0 Å². The Kier molecular flexibility index (Phi) is 4.51.